The predicted molar refractivity (Wildman–Crippen MR) is 94.0 cm³/mol. The van der Waals surface area contributed by atoms with E-state index in [0.717, 1.165) is 0 Å². The molecular formula is C19H32OSi. The van der Waals surface area contributed by atoms with Crippen molar-refractivity contribution >= 4 is 8.32 Å². The largest absolute Gasteiger partial charge is 0.408 e. The molecular weight excluding hydrogens is 272 g/mol. The van der Waals surface area contributed by atoms with E-state index in [1.807, 2.05) is 0 Å². The smallest absolute Gasteiger partial charge is 0.207 e. The molecule has 0 aliphatic carbocycles. The molecule has 0 bridgehead atoms. The summed E-state index contributed by atoms with van der Waals surface area (Å²) < 4.78 is 7.03. The summed E-state index contributed by atoms with van der Waals surface area (Å²) in [7, 11) is -1.95. The third-order valence-corrected chi connectivity index (χ3v) is 12.5. The van der Waals surface area contributed by atoms with Crippen molar-refractivity contribution in [2.75, 3.05) is 0 Å². The SMILES string of the molecule is CC1C(c2ccccc2)O[Si](C(C)(C)C)(C(C)(C)C)C1C. The van der Waals surface area contributed by atoms with Crippen LogP contribution in [0.1, 0.15) is 67.1 Å². The first-order chi connectivity index (χ1) is 9.52. The molecule has 1 saturated heterocycles. The summed E-state index contributed by atoms with van der Waals surface area (Å²) in [6, 6.07) is 10.8. The van der Waals surface area contributed by atoms with Gasteiger partial charge in [-0.05, 0) is 27.1 Å². The highest BCUT2D eigenvalue weighted by molar-refractivity contribution is 6.81. The molecule has 0 amide bonds. The molecule has 2 rings (SSSR count). The van der Waals surface area contributed by atoms with Gasteiger partial charge in [-0.25, -0.2) is 0 Å². The second-order valence-electron chi connectivity index (χ2n) is 8.83. The van der Waals surface area contributed by atoms with Gasteiger partial charge in [-0.3, -0.25) is 0 Å². The molecule has 0 spiro atoms. The van der Waals surface area contributed by atoms with Crippen molar-refractivity contribution in [3.05, 3.63) is 35.9 Å². The molecule has 3 atom stereocenters. The Balaban J connectivity index is 2.51. The van der Waals surface area contributed by atoms with Gasteiger partial charge in [0.1, 0.15) is 0 Å². The van der Waals surface area contributed by atoms with Crippen molar-refractivity contribution in [1.29, 1.82) is 0 Å². The molecule has 0 N–H and O–H groups in total. The fourth-order valence-electron chi connectivity index (χ4n) is 4.91. The van der Waals surface area contributed by atoms with Gasteiger partial charge in [0.15, 0.2) is 0 Å². The van der Waals surface area contributed by atoms with E-state index < -0.39 is 8.32 Å². The van der Waals surface area contributed by atoms with Gasteiger partial charge >= 0.3 is 0 Å². The van der Waals surface area contributed by atoms with E-state index in [0.29, 0.717) is 11.5 Å². The number of hydrogen-bond acceptors (Lipinski definition) is 1. The Bertz CT molecular complexity index is 467. The van der Waals surface area contributed by atoms with Crippen LogP contribution >= 0.6 is 0 Å². The molecule has 1 fully saturated rings. The van der Waals surface area contributed by atoms with Gasteiger partial charge < -0.3 is 4.43 Å². The van der Waals surface area contributed by atoms with Crippen molar-refractivity contribution < 1.29 is 4.43 Å². The quantitative estimate of drug-likeness (QED) is 0.551. The van der Waals surface area contributed by atoms with Gasteiger partial charge in [-0.2, -0.15) is 0 Å². The molecule has 118 valence electrons. The molecule has 1 heterocycles. The van der Waals surface area contributed by atoms with Gasteiger partial charge in [0.25, 0.3) is 0 Å². The minimum atomic E-state index is -1.95. The molecule has 0 radical (unpaired) electrons. The lowest BCUT2D eigenvalue weighted by Gasteiger charge is -2.51. The van der Waals surface area contributed by atoms with Crippen LogP contribution in [0.2, 0.25) is 15.6 Å². The van der Waals surface area contributed by atoms with Crippen molar-refractivity contribution in [3.63, 3.8) is 0 Å². The van der Waals surface area contributed by atoms with Gasteiger partial charge in [0.2, 0.25) is 8.32 Å². The summed E-state index contributed by atoms with van der Waals surface area (Å²) >= 11 is 0. The lowest BCUT2D eigenvalue weighted by molar-refractivity contribution is 0.168. The first kappa shape index (κ1) is 16.8. The Morgan fingerprint density at radius 2 is 1.33 bits per heavy atom. The van der Waals surface area contributed by atoms with E-state index >= 15 is 0 Å². The van der Waals surface area contributed by atoms with Crippen molar-refractivity contribution in [2.45, 2.75) is 77.1 Å². The van der Waals surface area contributed by atoms with Crippen molar-refractivity contribution in [1.82, 2.24) is 0 Å². The highest BCUT2D eigenvalue weighted by Crippen LogP contribution is 2.66. The van der Waals surface area contributed by atoms with Crippen LogP contribution in [0, 0.1) is 5.92 Å². The first-order valence-electron chi connectivity index (χ1n) is 8.25. The molecule has 21 heavy (non-hydrogen) atoms. The van der Waals surface area contributed by atoms with E-state index in [-0.39, 0.29) is 16.2 Å². The Labute approximate surface area is 132 Å². The minimum absolute atomic E-state index is 0.239. The van der Waals surface area contributed by atoms with Gasteiger partial charge in [0.05, 0.1) is 6.10 Å². The monoisotopic (exact) mass is 304 g/mol. The molecule has 3 unspecified atom stereocenters. The molecule has 0 saturated carbocycles. The highest BCUT2D eigenvalue weighted by Gasteiger charge is 2.65. The number of benzene rings is 1. The van der Waals surface area contributed by atoms with Crippen LogP contribution in [0.3, 0.4) is 0 Å². The molecule has 1 nitrogen and oxygen atoms in total. The van der Waals surface area contributed by atoms with E-state index in [4.69, 9.17) is 4.43 Å². The van der Waals surface area contributed by atoms with Gasteiger partial charge in [0, 0.05) is 0 Å². The van der Waals surface area contributed by atoms with Crippen LogP contribution < -0.4 is 0 Å². The summed E-state index contributed by atoms with van der Waals surface area (Å²) in [6.45, 7) is 19.2. The third kappa shape index (κ3) is 2.51. The zero-order chi connectivity index (χ0) is 16.1. The fourth-order valence-corrected chi connectivity index (χ4v) is 12.5. The molecule has 1 aliphatic heterocycles. The summed E-state index contributed by atoms with van der Waals surface area (Å²) in [4.78, 5) is 0. The molecule has 1 aliphatic rings. The van der Waals surface area contributed by atoms with Gasteiger partial charge in [-0.15, -0.1) is 0 Å². The van der Waals surface area contributed by atoms with Crippen molar-refractivity contribution in [2.24, 2.45) is 5.92 Å². The maximum absolute atomic E-state index is 7.03. The van der Waals surface area contributed by atoms with E-state index in [1.54, 1.807) is 0 Å². The topological polar surface area (TPSA) is 9.23 Å². The lowest BCUT2D eigenvalue weighted by Crippen LogP contribution is -2.54. The van der Waals surface area contributed by atoms with E-state index in [9.17, 15) is 0 Å². The summed E-state index contributed by atoms with van der Waals surface area (Å²) in [5.41, 5.74) is 2.00. The highest BCUT2D eigenvalue weighted by atomic mass is 28.4. The van der Waals surface area contributed by atoms with Crippen molar-refractivity contribution in [3.8, 4) is 0 Å². The summed E-state index contributed by atoms with van der Waals surface area (Å²) in [6.07, 6.45) is 0.256. The zero-order valence-corrected chi connectivity index (χ0v) is 16.0. The second-order valence-corrected chi connectivity index (χ2v) is 14.5. The maximum atomic E-state index is 7.03. The summed E-state index contributed by atoms with van der Waals surface area (Å²) in [5.74, 6) is 0.581. The molecule has 1 aromatic carbocycles. The average Bonchev–Trinajstić information content (AvgIpc) is 2.64. The third-order valence-electron chi connectivity index (χ3n) is 5.58. The Morgan fingerprint density at radius 1 is 0.857 bits per heavy atom. The van der Waals surface area contributed by atoms with Crippen LogP contribution in [0.25, 0.3) is 0 Å². The Hall–Kier alpha value is -0.603. The van der Waals surface area contributed by atoms with Crippen LogP contribution in [0.5, 0.6) is 0 Å². The van der Waals surface area contributed by atoms with E-state index in [2.05, 4.69) is 85.7 Å². The number of rotatable bonds is 1. The maximum Gasteiger partial charge on any atom is 0.207 e. The van der Waals surface area contributed by atoms with Crippen LogP contribution in [0.4, 0.5) is 0 Å². The zero-order valence-electron chi connectivity index (χ0n) is 15.0. The van der Waals surface area contributed by atoms with Crippen LogP contribution in [-0.2, 0) is 4.43 Å². The molecule has 1 aromatic rings. The second kappa shape index (κ2) is 5.24. The molecule has 2 heteroatoms. The standard InChI is InChI=1S/C19H32OSi/c1-14-15(2)21(18(3,4)5,19(6,7)8)20-17(14)16-12-10-9-11-13-16/h9-15,17H,1-8H3. The minimum Gasteiger partial charge on any atom is -0.408 e. The molecule has 0 aromatic heterocycles. The van der Waals surface area contributed by atoms with Crippen LogP contribution in [0.15, 0.2) is 30.3 Å². The predicted octanol–water partition coefficient (Wildman–Crippen LogP) is 6.33. The fraction of sp³-hybridized carbons (Fsp3) is 0.684. The van der Waals surface area contributed by atoms with E-state index in [1.165, 1.54) is 5.56 Å². The number of hydrogen-bond donors (Lipinski definition) is 0. The van der Waals surface area contributed by atoms with Gasteiger partial charge in [-0.1, -0.05) is 85.7 Å². The average molecular weight is 305 g/mol. The summed E-state index contributed by atoms with van der Waals surface area (Å²) in [5, 5.41) is 0.477. The normalized spacial score (nSPS) is 29.6. The first-order valence-corrected chi connectivity index (χ1v) is 10.2. The Kier molecular flexibility index (Phi) is 4.18. The Morgan fingerprint density at radius 3 is 1.71 bits per heavy atom. The lowest BCUT2D eigenvalue weighted by atomic mass is 9.95. The van der Waals surface area contributed by atoms with Crippen LogP contribution in [-0.4, -0.2) is 8.32 Å².